The molecule has 0 amide bonds. The molecule has 0 aromatic heterocycles. The number of benzene rings is 1. The molecule has 2 rings (SSSR count). The van der Waals surface area contributed by atoms with Crippen molar-refractivity contribution in [3.05, 3.63) is 29.8 Å². The molecule has 2 heteroatoms. The first-order valence-corrected chi connectivity index (χ1v) is 5.96. The summed E-state index contributed by atoms with van der Waals surface area (Å²) >= 11 is 0. The fourth-order valence-electron chi connectivity index (χ4n) is 2.27. The Labute approximate surface area is 97.5 Å². The van der Waals surface area contributed by atoms with Gasteiger partial charge in [0.2, 0.25) is 0 Å². The second-order valence-corrected chi connectivity index (χ2v) is 4.85. The van der Waals surface area contributed by atoms with Gasteiger partial charge in [0, 0.05) is 18.8 Å². The van der Waals surface area contributed by atoms with Crippen LogP contribution < -0.4 is 4.90 Å². The van der Waals surface area contributed by atoms with Gasteiger partial charge in [-0.25, -0.2) is 0 Å². The van der Waals surface area contributed by atoms with Crippen molar-refractivity contribution in [2.75, 3.05) is 18.0 Å². The summed E-state index contributed by atoms with van der Waals surface area (Å²) in [6, 6.07) is 10.1. The molecule has 2 atom stereocenters. The van der Waals surface area contributed by atoms with Gasteiger partial charge in [-0.05, 0) is 36.5 Å². The molecule has 0 N–H and O–H groups in total. The molecule has 1 aromatic rings. The summed E-state index contributed by atoms with van der Waals surface area (Å²) in [7, 11) is 0. The Hall–Kier alpha value is -1.49. The van der Waals surface area contributed by atoms with Gasteiger partial charge in [-0.1, -0.05) is 19.9 Å². The molecule has 0 radical (unpaired) electrons. The fourth-order valence-corrected chi connectivity index (χ4v) is 2.27. The van der Waals surface area contributed by atoms with Crippen LogP contribution in [0.5, 0.6) is 0 Å². The highest BCUT2D eigenvalue weighted by molar-refractivity contribution is 5.51. The third kappa shape index (κ3) is 2.19. The van der Waals surface area contributed by atoms with E-state index in [1.807, 2.05) is 18.2 Å². The first-order valence-electron chi connectivity index (χ1n) is 5.96. The molecule has 2 unspecified atom stereocenters. The van der Waals surface area contributed by atoms with E-state index in [0.29, 0.717) is 0 Å². The number of piperidine rings is 1. The van der Waals surface area contributed by atoms with E-state index in [-0.39, 0.29) is 0 Å². The molecule has 16 heavy (non-hydrogen) atoms. The van der Waals surface area contributed by atoms with E-state index >= 15 is 0 Å². The van der Waals surface area contributed by atoms with Crippen LogP contribution in [0, 0.1) is 23.2 Å². The number of rotatable bonds is 1. The molecule has 1 fully saturated rings. The average molecular weight is 214 g/mol. The maximum absolute atomic E-state index is 8.89. The van der Waals surface area contributed by atoms with Gasteiger partial charge in [-0.3, -0.25) is 0 Å². The van der Waals surface area contributed by atoms with Crippen molar-refractivity contribution < 1.29 is 0 Å². The van der Waals surface area contributed by atoms with Crippen molar-refractivity contribution in [3.8, 4) is 6.07 Å². The maximum Gasteiger partial charge on any atom is 0.0992 e. The molecule has 84 valence electrons. The van der Waals surface area contributed by atoms with Gasteiger partial charge in [0.15, 0.2) is 0 Å². The van der Waals surface area contributed by atoms with Crippen molar-refractivity contribution in [2.45, 2.75) is 20.3 Å². The number of nitrogens with zero attached hydrogens (tertiary/aromatic N) is 2. The third-order valence-corrected chi connectivity index (χ3v) is 3.67. The Kier molecular flexibility index (Phi) is 3.14. The van der Waals surface area contributed by atoms with E-state index in [1.165, 1.54) is 12.1 Å². The Morgan fingerprint density at radius 3 is 2.81 bits per heavy atom. The first kappa shape index (κ1) is 11.0. The molecule has 0 bridgehead atoms. The van der Waals surface area contributed by atoms with Crippen LogP contribution in [0.1, 0.15) is 25.8 Å². The van der Waals surface area contributed by atoms with E-state index in [4.69, 9.17) is 5.26 Å². The zero-order valence-corrected chi connectivity index (χ0v) is 9.98. The Bertz CT molecular complexity index is 405. The van der Waals surface area contributed by atoms with Crippen LogP contribution in [0.4, 0.5) is 5.69 Å². The van der Waals surface area contributed by atoms with E-state index < -0.39 is 0 Å². The van der Waals surface area contributed by atoms with Crippen LogP contribution in [0.15, 0.2) is 24.3 Å². The predicted molar refractivity (Wildman–Crippen MR) is 66.3 cm³/mol. The largest absolute Gasteiger partial charge is 0.371 e. The standard InChI is InChI=1S/C14H18N2/c1-11-6-7-16(10-12(11)2)14-5-3-4-13(8-14)9-15/h3-5,8,11-12H,6-7,10H2,1-2H3. The zero-order chi connectivity index (χ0) is 11.5. The monoisotopic (exact) mass is 214 g/mol. The lowest BCUT2D eigenvalue weighted by molar-refractivity contribution is 0.324. The summed E-state index contributed by atoms with van der Waals surface area (Å²) in [4.78, 5) is 2.39. The zero-order valence-electron chi connectivity index (χ0n) is 9.98. The van der Waals surface area contributed by atoms with Gasteiger partial charge < -0.3 is 4.90 Å². The minimum atomic E-state index is 0.736. The van der Waals surface area contributed by atoms with Gasteiger partial charge >= 0.3 is 0 Å². The van der Waals surface area contributed by atoms with E-state index in [1.54, 1.807) is 0 Å². The molecule has 0 saturated carbocycles. The van der Waals surface area contributed by atoms with Gasteiger partial charge in [-0.15, -0.1) is 0 Å². The van der Waals surface area contributed by atoms with Gasteiger partial charge in [-0.2, -0.15) is 5.26 Å². The normalized spacial score (nSPS) is 25.2. The quantitative estimate of drug-likeness (QED) is 0.718. The van der Waals surface area contributed by atoms with Gasteiger partial charge in [0.05, 0.1) is 11.6 Å². The Morgan fingerprint density at radius 2 is 2.12 bits per heavy atom. The minimum Gasteiger partial charge on any atom is -0.371 e. The minimum absolute atomic E-state index is 0.736. The van der Waals surface area contributed by atoms with Gasteiger partial charge in [0.1, 0.15) is 0 Å². The van der Waals surface area contributed by atoms with Crippen LogP contribution in [-0.4, -0.2) is 13.1 Å². The van der Waals surface area contributed by atoms with Crippen molar-refractivity contribution in [1.29, 1.82) is 5.26 Å². The molecule has 1 aliphatic heterocycles. The maximum atomic E-state index is 8.89. The molecule has 1 aliphatic rings. The Balaban J connectivity index is 2.16. The number of hydrogen-bond donors (Lipinski definition) is 0. The van der Waals surface area contributed by atoms with Crippen molar-refractivity contribution in [2.24, 2.45) is 11.8 Å². The second-order valence-electron chi connectivity index (χ2n) is 4.85. The van der Waals surface area contributed by atoms with Crippen LogP contribution in [0.25, 0.3) is 0 Å². The molecular weight excluding hydrogens is 196 g/mol. The summed E-state index contributed by atoms with van der Waals surface area (Å²) in [6.07, 6.45) is 1.25. The van der Waals surface area contributed by atoms with Crippen LogP contribution >= 0.6 is 0 Å². The summed E-state index contributed by atoms with van der Waals surface area (Å²) in [6.45, 7) is 6.86. The second kappa shape index (κ2) is 4.57. The van der Waals surface area contributed by atoms with Crippen molar-refractivity contribution >= 4 is 5.69 Å². The summed E-state index contributed by atoms with van der Waals surface area (Å²) in [5, 5.41) is 8.89. The molecule has 1 heterocycles. The van der Waals surface area contributed by atoms with Crippen molar-refractivity contribution in [3.63, 3.8) is 0 Å². The average Bonchev–Trinajstić information content (AvgIpc) is 2.33. The molecular formula is C14H18N2. The number of anilines is 1. The summed E-state index contributed by atoms with van der Waals surface area (Å²) < 4.78 is 0. The highest BCUT2D eigenvalue weighted by atomic mass is 15.1. The first-order chi connectivity index (χ1) is 7.70. The summed E-state index contributed by atoms with van der Waals surface area (Å²) in [5.41, 5.74) is 1.95. The van der Waals surface area contributed by atoms with Crippen LogP contribution in [0.2, 0.25) is 0 Å². The third-order valence-electron chi connectivity index (χ3n) is 3.67. The van der Waals surface area contributed by atoms with E-state index in [2.05, 4.69) is 30.9 Å². The molecule has 1 saturated heterocycles. The molecule has 0 aliphatic carbocycles. The SMILES string of the molecule is CC1CCN(c2cccc(C#N)c2)CC1C. The highest BCUT2D eigenvalue weighted by Crippen LogP contribution is 2.27. The topological polar surface area (TPSA) is 27.0 Å². The molecule has 0 spiro atoms. The lowest BCUT2D eigenvalue weighted by Gasteiger charge is -2.36. The van der Waals surface area contributed by atoms with Gasteiger partial charge in [0.25, 0.3) is 0 Å². The highest BCUT2D eigenvalue weighted by Gasteiger charge is 2.22. The predicted octanol–water partition coefficient (Wildman–Crippen LogP) is 3.04. The number of hydrogen-bond acceptors (Lipinski definition) is 2. The van der Waals surface area contributed by atoms with Crippen LogP contribution in [0.3, 0.4) is 0 Å². The molecule has 1 aromatic carbocycles. The fraction of sp³-hybridized carbons (Fsp3) is 0.500. The van der Waals surface area contributed by atoms with E-state index in [9.17, 15) is 0 Å². The smallest absolute Gasteiger partial charge is 0.0992 e. The van der Waals surface area contributed by atoms with E-state index in [0.717, 1.165) is 30.5 Å². The van der Waals surface area contributed by atoms with Crippen LogP contribution in [-0.2, 0) is 0 Å². The number of nitriles is 1. The lowest BCUT2D eigenvalue weighted by atomic mass is 9.88. The lowest BCUT2D eigenvalue weighted by Crippen LogP contribution is -2.38. The van der Waals surface area contributed by atoms with Crippen molar-refractivity contribution in [1.82, 2.24) is 0 Å². The molecule has 2 nitrogen and oxygen atoms in total. The summed E-state index contributed by atoms with van der Waals surface area (Å²) in [5.74, 6) is 1.55. The Morgan fingerprint density at radius 1 is 1.31 bits per heavy atom.